The Kier molecular flexibility index (Phi) is 15.1. The van der Waals surface area contributed by atoms with Crippen molar-refractivity contribution >= 4 is 17.6 Å². The van der Waals surface area contributed by atoms with Crippen molar-refractivity contribution in [2.75, 3.05) is 41.5 Å². The average molecular weight is 425 g/mol. The highest BCUT2D eigenvalue weighted by Crippen LogP contribution is 2.26. The fourth-order valence-electron chi connectivity index (χ4n) is 3.19. The van der Waals surface area contributed by atoms with Crippen molar-refractivity contribution in [2.24, 2.45) is 0 Å². The third-order valence-corrected chi connectivity index (χ3v) is 12.4. The molecule has 0 amide bonds. The first-order chi connectivity index (χ1) is 13.0. The van der Waals surface area contributed by atoms with E-state index in [0.29, 0.717) is 0 Å². The van der Waals surface area contributed by atoms with Crippen LogP contribution < -0.4 is 10.6 Å². The van der Waals surface area contributed by atoms with Crippen LogP contribution >= 0.6 is 0 Å². The average Bonchev–Trinajstić information content (AvgIpc) is 2.71. The Morgan fingerprint density at radius 3 is 1.19 bits per heavy atom. The summed E-state index contributed by atoms with van der Waals surface area (Å²) >= 11 is 0. The van der Waals surface area contributed by atoms with Gasteiger partial charge in [-0.1, -0.05) is 40.5 Å². The van der Waals surface area contributed by atoms with E-state index in [1.54, 1.807) is 28.4 Å². The standard InChI is InChI=1S/C18H44N2O5Si2/c1-9-13-15-19-17(11-3)26(21-5,22-6)25-27(23-7,24-8)18(12-4)20-16-14-10-2/h17-20H,9-16H2,1-8H3. The Bertz CT molecular complexity index is 327. The van der Waals surface area contributed by atoms with E-state index in [4.69, 9.17) is 21.8 Å². The molecule has 0 radical (unpaired) electrons. The molecule has 0 bridgehead atoms. The van der Waals surface area contributed by atoms with Crippen LogP contribution in [0.4, 0.5) is 0 Å². The van der Waals surface area contributed by atoms with Gasteiger partial charge in [0.25, 0.3) is 0 Å². The van der Waals surface area contributed by atoms with Crippen LogP contribution in [0.5, 0.6) is 0 Å². The van der Waals surface area contributed by atoms with E-state index < -0.39 is 17.6 Å². The lowest BCUT2D eigenvalue weighted by Gasteiger charge is -2.42. The second-order valence-corrected chi connectivity index (χ2v) is 12.9. The van der Waals surface area contributed by atoms with Crippen molar-refractivity contribution in [1.82, 2.24) is 10.6 Å². The van der Waals surface area contributed by atoms with Crippen LogP contribution in [0.1, 0.15) is 66.2 Å². The van der Waals surface area contributed by atoms with Gasteiger partial charge in [0, 0.05) is 28.4 Å². The molecule has 0 aliphatic heterocycles. The zero-order valence-corrected chi connectivity index (χ0v) is 20.9. The number of hydrogen-bond donors (Lipinski definition) is 2. The molecule has 2 unspecified atom stereocenters. The van der Waals surface area contributed by atoms with E-state index in [2.05, 4.69) is 38.3 Å². The summed E-state index contributed by atoms with van der Waals surface area (Å²) in [5, 5.41) is 7.14. The van der Waals surface area contributed by atoms with Gasteiger partial charge in [0.15, 0.2) is 0 Å². The normalized spacial score (nSPS) is 15.1. The molecular weight excluding hydrogens is 380 g/mol. The van der Waals surface area contributed by atoms with Gasteiger partial charge < -0.3 is 32.5 Å². The molecular formula is C18H44N2O5Si2. The molecule has 0 aliphatic carbocycles. The first-order valence-corrected chi connectivity index (χ1v) is 14.0. The van der Waals surface area contributed by atoms with Gasteiger partial charge in [0.05, 0.1) is 11.3 Å². The molecule has 0 saturated carbocycles. The summed E-state index contributed by atoms with van der Waals surface area (Å²) in [5.74, 6) is 0. The van der Waals surface area contributed by atoms with Gasteiger partial charge in [0.1, 0.15) is 0 Å². The first-order valence-electron chi connectivity index (χ1n) is 10.4. The highest BCUT2D eigenvalue weighted by atomic mass is 28.5. The maximum absolute atomic E-state index is 6.65. The van der Waals surface area contributed by atoms with Gasteiger partial charge in [-0.25, -0.2) is 0 Å². The van der Waals surface area contributed by atoms with Crippen molar-refractivity contribution in [3.05, 3.63) is 0 Å². The number of unbranched alkanes of at least 4 members (excludes halogenated alkanes) is 2. The Labute approximate surface area is 169 Å². The Morgan fingerprint density at radius 2 is 0.963 bits per heavy atom. The summed E-state index contributed by atoms with van der Waals surface area (Å²) in [6.07, 6.45) is 6.15. The van der Waals surface area contributed by atoms with E-state index in [-0.39, 0.29) is 11.3 Å². The molecule has 0 spiro atoms. The summed E-state index contributed by atoms with van der Waals surface area (Å²) in [6, 6.07) is 0. The van der Waals surface area contributed by atoms with Gasteiger partial charge in [0.2, 0.25) is 0 Å². The van der Waals surface area contributed by atoms with Crippen LogP contribution in [0, 0.1) is 0 Å². The fraction of sp³-hybridized carbons (Fsp3) is 1.00. The molecule has 2 N–H and O–H groups in total. The molecule has 0 aromatic rings. The largest absolute Gasteiger partial charge is 0.510 e. The van der Waals surface area contributed by atoms with Crippen molar-refractivity contribution in [1.29, 1.82) is 0 Å². The molecule has 0 saturated heterocycles. The zero-order chi connectivity index (χ0) is 20.8. The minimum Gasteiger partial charge on any atom is -0.376 e. The highest BCUT2D eigenvalue weighted by Gasteiger charge is 2.59. The first kappa shape index (κ1) is 27.2. The Hall–Kier alpha value is 0.154. The smallest absolute Gasteiger partial charge is 0.376 e. The maximum Gasteiger partial charge on any atom is 0.510 e. The molecule has 0 aliphatic rings. The van der Waals surface area contributed by atoms with E-state index in [1.807, 2.05) is 0 Å². The van der Waals surface area contributed by atoms with E-state index in [0.717, 1.165) is 51.6 Å². The summed E-state index contributed by atoms with van der Waals surface area (Å²) in [7, 11) is 0.518. The SMILES string of the molecule is CCCCNC(CC)[Si](OC)(OC)O[Si](OC)(OC)C(CC)NCCCC. The number of rotatable bonds is 18. The van der Waals surface area contributed by atoms with E-state index >= 15 is 0 Å². The Balaban J connectivity index is 5.60. The highest BCUT2D eigenvalue weighted by molar-refractivity contribution is 6.76. The van der Waals surface area contributed by atoms with Crippen LogP contribution in [0.15, 0.2) is 0 Å². The van der Waals surface area contributed by atoms with E-state index in [9.17, 15) is 0 Å². The summed E-state index contributed by atoms with van der Waals surface area (Å²) in [5.41, 5.74) is -0.0197. The molecule has 0 aromatic carbocycles. The molecule has 7 nitrogen and oxygen atoms in total. The lowest BCUT2D eigenvalue weighted by atomic mass is 10.3. The fourth-order valence-corrected chi connectivity index (χ4v) is 10.5. The molecule has 2 atom stereocenters. The minimum atomic E-state index is -3.07. The number of nitrogens with one attached hydrogen (secondary N) is 2. The van der Waals surface area contributed by atoms with Crippen molar-refractivity contribution < 1.29 is 21.8 Å². The second kappa shape index (κ2) is 15.1. The van der Waals surface area contributed by atoms with Gasteiger partial charge >= 0.3 is 17.6 Å². The van der Waals surface area contributed by atoms with Crippen molar-refractivity contribution in [2.45, 2.75) is 77.6 Å². The lowest BCUT2D eigenvalue weighted by Crippen LogP contribution is -2.71. The van der Waals surface area contributed by atoms with Crippen LogP contribution in [-0.4, -0.2) is 70.5 Å². The molecule has 0 fully saturated rings. The van der Waals surface area contributed by atoms with Gasteiger partial charge in [-0.3, -0.25) is 0 Å². The molecule has 164 valence electrons. The van der Waals surface area contributed by atoms with Crippen LogP contribution in [0.3, 0.4) is 0 Å². The summed E-state index contributed by atoms with van der Waals surface area (Å²) in [6.45, 7) is 10.4. The predicted octanol–water partition coefficient (Wildman–Crippen LogP) is 2.88. The van der Waals surface area contributed by atoms with Crippen LogP contribution in [-0.2, 0) is 21.8 Å². The quantitative estimate of drug-likeness (QED) is 0.259. The monoisotopic (exact) mass is 424 g/mol. The molecule has 0 rings (SSSR count). The third kappa shape index (κ3) is 7.83. The van der Waals surface area contributed by atoms with Crippen LogP contribution in [0.2, 0.25) is 0 Å². The molecule has 27 heavy (non-hydrogen) atoms. The number of hydrogen-bond acceptors (Lipinski definition) is 7. The second-order valence-electron chi connectivity index (χ2n) is 6.66. The summed E-state index contributed by atoms with van der Waals surface area (Å²) < 4.78 is 30.4. The maximum atomic E-state index is 6.65. The predicted molar refractivity (Wildman–Crippen MR) is 115 cm³/mol. The van der Waals surface area contributed by atoms with Gasteiger partial charge in [-0.2, -0.15) is 0 Å². The molecule has 0 heterocycles. The zero-order valence-electron chi connectivity index (χ0n) is 18.9. The lowest BCUT2D eigenvalue weighted by molar-refractivity contribution is 0.0671. The van der Waals surface area contributed by atoms with E-state index in [1.165, 1.54) is 0 Å². The van der Waals surface area contributed by atoms with Crippen molar-refractivity contribution in [3.8, 4) is 0 Å². The van der Waals surface area contributed by atoms with Crippen LogP contribution in [0.25, 0.3) is 0 Å². The Morgan fingerprint density at radius 1 is 0.630 bits per heavy atom. The van der Waals surface area contributed by atoms with Gasteiger partial charge in [-0.05, 0) is 38.8 Å². The van der Waals surface area contributed by atoms with Gasteiger partial charge in [-0.15, -0.1) is 0 Å². The molecule has 9 heteroatoms. The van der Waals surface area contributed by atoms with Crippen molar-refractivity contribution in [3.63, 3.8) is 0 Å². The third-order valence-electron chi connectivity index (χ3n) is 4.93. The molecule has 0 aromatic heterocycles. The summed E-state index contributed by atoms with van der Waals surface area (Å²) in [4.78, 5) is 0. The topological polar surface area (TPSA) is 70.2 Å². The minimum absolute atomic E-state index is 0.00984.